The molecule has 0 atom stereocenters. The molecule has 2 N–H and O–H groups in total. The second-order valence-corrected chi connectivity index (χ2v) is 5.48. The third kappa shape index (κ3) is 5.35. The number of halogens is 2. The molecule has 23 heavy (non-hydrogen) atoms. The first-order valence-electron chi connectivity index (χ1n) is 6.91. The molecule has 0 aliphatic rings. The van der Waals surface area contributed by atoms with Crippen molar-refractivity contribution < 1.29 is 9.53 Å². The van der Waals surface area contributed by atoms with E-state index in [0.717, 1.165) is 6.42 Å². The fourth-order valence-electron chi connectivity index (χ4n) is 1.75. The van der Waals surface area contributed by atoms with E-state index in [0.29, 0.717) is 34.7 Å². The predicted octanol–water partition coefficient (Wildman–Crippen LogP) is 3.48. The lowest BCUT2D eigenvalue weighted by molar-refractivity contribution is 0.102. The highest BCUT2D eigenvalue weighted by atomic mass is 35.5. The smallest absolute Gasteiger partial charge is 0.275 e. The van der Waals surface area contributed by atoms with Crippen LogP contribution in [0.25, 0.3) is 0 Å². The van der Waals surface area contributed by atoms with Crippen molar-refractivity contribution >= 4 is 40.6 Å². The summed E-state index contributed by atoms with van der Waals surface area (Å²) in [6, 6.07) is 4.82. The lowest BCUT2D eigenvalue weighted by atomic mass is 10.3. The van der Waals surface area contributed by atoms with Gasteiger partial charge in [0.15, 0.2) is 0 Å². The van der Waals surface area contributed by atoms with Crippen molar-refractivity contribution in [3.05, 3.63) is 46.3 Å². The average molecular weight is 355 g/mol. The van der Waals surface area contributed by atoms with Gasteiger partial charge in [0.05, 0.1) is 23.1 Å². The van der Waals surface area contributed by atoms with E-state index in [4.69, 9.17) is 27.9 Å². The molecule has 122 valence electrons. The van der Waals surface area contributed by atoms with Crippen molar-refractivity contribution in [3.8, 4) is 0 Å². The van der Waals surface area contributed by atoms with E-state index in [1.54, 1.807) is 25.3 Å². The third-order valence-corrected chi connectivity index (χ3v) is 3.44. The van der Waals surface area contributed by atoms with Gasteiger partial charge in [-0.1, -0.05) is 23.2 Å². The zero-order valence-corrected chi connectivity index (χ0v) is 14.0. The van der Waals surface area contributed by atoms with E-state index in [1.807, 2.05) is 0 Å². The summed E-state index contributed by atoms with van der Waals surface area (Å²) in [6.07, 6.45) is 3.76. The van der Waals surface area contributed by atoms with Gasteiger partial charge in [0.1, 0.15) is 11.5 Å². The normalized spacial score (nSPS) is 10.4. The molecule has 1 amide bonds. The minimum absolute atomic E-state index is 0.193. The van der Waals surface area contributed by atoms with Crippen LogP contribution in [0.15, 0.2) is 30.6 Å². The van der Waals surface area contributed by atoms with E-state index < -0.39 is 5.91 Å². The second kappa shape index (κ2) is 8.67. The monoisotopic (exact) mass is 354 g/mol. The molecular formula is C15H16Cl2N4O2. The Morgan fingerprint density at radius 2 is 2.09 bits per heavy atom. The van der Waals surface area contributed by atoms with Gasteiger partial charge in [0.25, 0.3) is 5.91 Å². The van der Waals surface area contributed by atoms with Crippen molar-refractivity contribution in [2.75, 3.05) is 30.9 Å². The number of anilines is 2. The van der Waals surface area contributed by atoms with Gasteiger partial charge < -0.3 is 15.4 Å². The summed E-state index contributed by atoms with van der Waals surface area (Å²) in [7, 11) is 1.65. The predicted molar refractivity (Wildman–Crippen MR) is 91.4 cm³/mol. The van der Waals surface area contributed by atoms with Gasteiger partial charge in [-0.25, -0.2) is 9.97 Å². The first kappa shape index (κ1) is 17.5. The fourth-order valence-corrected chi connectivity index (χ4v) is 2.20. The van der Waals surface area contributed by atoms with E-state index in [-0.39, 0.29) is 5.69 Å². The molecule has 0 unspecified atom stereocenters. The molecule has 0 saturated heterocycles. The van der Waals surface area contributed by atoms with Crippen LogP contribution >= 0.6 is 23.2 Å². The van der Waals surface area contributed by atoms with Crippen LogP contribution in [0.5, 0.6) is 0 Å². The number of nitrogens with zero attached hydrogens (tertiary/aromatic N) is 2. The second-order valence-electron chi connectivity index (χ2n) is 4.64. The van der Waals surface area contributed by atoms with Crippen molar-refractivity contribution in [2.45, 2.75) is 6.42 Å². The maximum atomic E-state index is 12.1. The van der Waals surface area contributed by atoms with Gasteiger partial charge in [-0.15, -0.1) is 0 Å². The molecule has 0 fully saturated rings. The van der Waals surface area contributed by atoms with Gasteiger partial charge in [-0.2, -0.15) is 0 Å². The largest absolute Gasteiger partial charge is 0.385 e. The Labute approximate surface area is 144 Å². The average Bonchev–Trinajstić information content (AvgIpc) is 2.55. The van der Waals surface area contributed by atoms with Gasteiger partial charge >= 0.3 is 0 Å². The lowest BCUT2D eigenvalue weighted by Gasteiger charge is -2.08. The molecule has 1 aromatic carbocycles. The molecular weight excluding hydrogens is 339 g/mol. The van der Waals surface area contributed by atoms with Crippen LogP contribution in [-0.2, 0) is 4.74 Å². The van der Waals surface area contributed by atoms with Crippen molar-refractivity contribution in [1.82, 2.24) is 9.97 Å². The van der Waals surface area contributed by atoms with Crippen molar-refractivity contribution in [1.29, 1.82) is 0 Å². The summed E-state index contributed by atoms with van der Waals surface area (Å²) in [6.45, 7) is 1.39. The number of amides is 1. The third-order valence-electron chi connectivity index (χ3n) is 2.90. The first-order chi connectivity index (χ1) is 11.1. The van der Waals surface area contributed by atoms with Crippen LogP contribution in [0.1, 0.15) is 16.9 Å². The number of rotatable bonds is 7. The van der Waals surface area contributed by atoms with Crippen LogP contribution in [0.3, 0.4) is 0 Å². The zero-order chi connectivity index (χ0) is 16.7. The summed E-state index contributed by atoms with van der Waals surface area (Å²) < 4.78 is 4.96. The molecule has 0 aliphatic carbocycles. The van der Waals surface area contributed by atoms with Gasteiger partial charge in [0, 0.05) is 25.3 Å². The van der Waals surface area contributed by atoms with Crippen LogP contribution in [-0.4, -0.2) is 36.1 Å². The summed E-state index contributed by atoms with van der Waals surface area (Å²) >= 11 is 11.8. The Morgan fingerprint density at radius 1 is 1.26 bits per heavy atom. The van der Waals surface area contributed by atoms with Gasteiger partial charge in [-0.3, -0.25) is 4.79 Å². The number of nitrogens with one attached hydrogen (secondary N) is 2. The lowest BCUT2D eigenvalue weighted by Crippen LogP contribution is -2.15. The van der Waals surface area contributed by atoms with Crippen LogP contribution < -0.4 is 10.6 Å². The molecule has 0 radical (unpaired) electrons. The Hall–Kier alpha value is -1.89. The highest BCUT2D eigenvalue weighted by Gasteiger charge is 2.10. The van der Waals surface area contributed by atoms with E-state index in [1.165, 1.54) is 12.4 Å². The topological polar surface area (TPSA) is 76.1 Å². The van der Waals surface area contributed by atoms with E-state index in [9.17, 15) is 4.79 Å². The number of benzene rings is 1. The standard InChI is InChI=1S/C15H16Cl2N4O2/c1-23-6-2-5-18-14-9-19-13(8-20-14)15(22)21-12-4-3-10(16)7-11(12)17/h3-4,7-9H,2,5-6H2,1H3,(H,18,20)(H,21,22). The Bertz CT molecular complexity index is 665. The molecule has 1 heterocycles. The van der Waals surface area contributed by atoms with Crippen molar-refractivity contribution in [3.63, 3.8) is 0 Å². The minimum atomic E-state index is -0.396. The molecule has 0 aliphatic heterocycles. The number of hydrogen-bond acceptors (Lipinski definition) is 5. The maximum Gasteiger partial charge on any atom is 0.275 e. The van der Waals surface area contributed by atoms with Gasteiger partial charge in [0.2, 0.25) is 0 Å². The van der Waals surface area contributed by atoms with Gasteiger partial charge in [-0.05, 0) is 24.6 Å². The number of ether oxygens (including phenoxy) is 1. The number of methoxy groups -OCH3 is 1. The minimum Gasteiger partial charge on any atom is -0.385 e. The molecule has 2 aromatic rings. The Kier molecular flexibility index (Phi) is 6.58. The highest BCUT2D eigenvalue weighted by molar-refractivity contribution is 6.36. The summed E-state index contributed by atoms with van der Waals surface area (Å²) in [4.78, 5) is 20.3. The van der Waals surface area contributed by atoms with E-state index >= 15 is 0 Å². The first-order valence-corrected chi connectivity index (χ1v) is 7.67. The van der Waals surface area contributed by atoms with E-state index in [2.05, 4.69) is 20.6 Å². The molecule has 2 rings (SSSR count). The number of hydrogen-bond donors (Lipinski definition) is 2. The summed E-state index contributed by atoms with van der Waals surface area (Å²) in [5.41, 5.74) is 0.656. The molecule has 1 aromatic heterocycles. The van der Waals surface area contributed by atoms with Crippen LogP contribution in [0.2, 0.25) is 10.0 Å². The molecule has 0 saturated carbocycles. The Balaban J connectivity index is 1.94. The van der Waals surface area contributed by atoms with Crippen LogP contribution in [0.4, 0.5) is 11.5 Å². The molecule has 0 bridgehead atoms. The Morgan fingerprint density at radius 3 is 2.74 bits per heavy atom. The number of carbonyl (C=O) groups is 1. The quantitative estimate of drug-likeness (QED) is 0.744. The zero-order valence-electron chi connectivity index (χ0n) is 12.5. The fraction of sp³-hybridized carbons (Fsp3) is 0.267. The number of aromatic nitrogens is 2. The highest BCUT2D eigenvalue weighted by Crippen LogP contribution is 2.25. The summed E-state index contributed by atoms with van der Waals surface area (Å²) in [5, 5.41) is 6.61. The molecule has 6 nitrogen and oxygen atoms in total. The molecule has 8 heteroatoms. The molecule has 0 spiro atoms. The van der Waals surface area contributed by atoms with Crippen molar-refractivity contribution in [2.24, 2.45) is 0 Å². The SMILES string of the molecule is COCCCNc1cnc(C(=O)Nc2ccc(Cl)cc2Cl)cn1. The number of carbonyl (C=O) groups excluding carboxylic acids is 1. The van der Waals surface area contributed by atoms with Crippen LogP contribution in [0, 0.1) is 0 Å². The summed E-state index contributed by atoms with van der Waals surface area (Å²) in [5.74, 6) is 0.204. The maximum absolute atomic E-state index is 12.1.